The second-order valence-corrected chi connectivity index (χ2v) is 11.2. The van der Waals surface area contributed by atoms with Crippen LogP contribution in [-0.2, 0) is 28.1 Å². The van der Waals surface area contributed by atoms with Crippen molar-refractivity contribution in [1.82, 2.24) is 0 Å². The Kier molecular flexibility index (Phi) is 8.18. The molecule has 0 aliphatic carbocycles. The number of benzene rings is 3. The molecule has 0 aliphatic rings. The fraction of sp³-hybridized carbons (Fsp3) is 0.357. The highest BCUT2D eigenvalue weighted by molar-refractivity contribution is 7.80. The topological polar surface area (TPSA) is 47.9 Å². The molecule has 0 aliphatic heterocycles. The molecule has 3 rings (SSSR count). The van der Waals surface area contributed by atoms with Crippen molar-refractivity contribution in [2.45, 2.75) is 46.3 Å². The van der Waals surface area contributed by atoms with Crippen LogP contribution in [0.1, 0.15) is 43.0 Å². The normalized spacial score (nSPS) is 12.6. The smallest absolute Gasteiger partial charge is 0.127 e. The van der Waals surface area contributed by atoms with Crippen molar-refractivity contribution in [3.63, 3.8) is 0 Å². The third-order valence-corrected chi connectivity index (χ3v) is 8.62. The molecule has 0 bridgehead atoms. The van der Waals surface area contributed by atoms with Gasteiger partial charge in [0.2, 0.25) is 0 Å². The first kappa shape index (κ1) is 25.2. The summed E-state index contributed by atoms with van der Waals surface area (Å²) in [5, 5.41) is 14.8. The standard InChI is InChI=1S/C28H35O4P/c1-19-11-8-15-23(32-7)26(19)33(24-16-10-14-22(25(24)29)28(2,3)4)27-20(17-30-5)12-9-13-21(27)18-31-6/h8-16,29H,17-18H2,1-7H3. The molecule has 0 amide bonds. The molecule has 1 unspecified atom stereocenters. The van der Waals surface area contributed by atoms with Crippen LogP contribution in [0.25, 0.3) is 0 Å². The van der Waals surface area contributed by atoms with Gasteiger partial charge in [-0.25, -0.2) is 0 Å². The fourth-order valence-corrected chi connectivity index (χ4v) is 7.17. The zero-order valence-electron chi connectivity index (χ0n) is 20.7. The summed E-state index contributed by atoms with van der Waals surface area (Å²) in [4.78, 5) is 0. The average molecular weight is 467 g/mol. The number of ether oxygens (including phenoxy) is 3. The highest BCUT2D eigenvalue weighted by Gasteiger charge is 2.31. The number of methoxy groups -OCH3 is 3. The van der Waals surface area contributed by atoms with E-state index in [0.29, 0.717) is 19.0 Å². The second-order valence-electron chi connectivity index (χ2n) is 9.18. The molecule has 1 atom stereocenters. The minimum absolute atomic E-state index is 0.196. The summed E-state index contributed by atoms with van der Waals surface area (Å²) in [6.07, 6.45) is 0. The first-order valence-electron chi connectivity index (χ1n) is 11.1. The van der Waals surface area contributed by atoms with Crippen LogP contribution in [0.4, 0.5) is 0 Å². The zero-order chi connectivity index (χ0) is 24.2. The van der Waals surface area contributed by atoms with Gasteiger partial charge in [-0.3, -0.25) is 0 Å². The maximum absolute atomic E-state index is 11.6. The van der Waals surface area contributed by atoms with Gasteiger partial charge < -0.3 is 19.3 Å². The molecule has 5 heteroatoms. The molecule has 176 valence electrons. The van der Waals surface area contributed by atoms with Gasteiger partial charge in [0.1, 0.15) is 11.5 Å². The Bertz CT molecular complexity index is 1080. The van der Waals surface area contributed by atoms with Crippen molar-refractivity contribution in [1.29, 1.82) is 0 Å². The average Bonchev–Trinajstić information content (AvgIpc) is 2.77. The Labute approximate surface area is 199 Å². The summed E-state index contributed by atoms with van der Waals surface area (Å²) in [6, 6.07) is 18.5. The van der Waals surface area contributed by atoms with Crippen LogP contribution in [0, 0.1) is 6.92 Å². The minimum Gasteiger partial charge on any atom is -0.507 e. The first-order valence-corrected chi connectivity index (χ1v) is 12.4. The summed E-state index contributed by atoms with van der Waals surface area (Å²) in [5.74, 6) is 1.16. The lowest BCUT2D eigenvalue weighted by Crippen LogP contribution is -2.30. The fourth-order valence-electron chi connectivity index (χ4n) is 4.23. The van der Waals surface area contributed by atoms with Crippen LogP contribution < -0.4 is 20.7 Å². The van der Waals surface area contributed by atoms with E-state index in [1.165, 1.54) is 0 Å². The van der Waals surface area contributed by atoms with Crippen LogP contribution in [0.5, 0.6) is 11.5 Å². The number of aryl methyl sites for hydroxylation is 1. The van der Waals surface area contributed by atoms with Crippen molar-refractivity contribution in [3.05, 3.63) is 76.9 Å². The number of hydrogen-bond donors (Lipinski definition) is 1. The number of para-hydroxylation sites is 1. The summed E-state index contributed by atoms with van der Waals surface area (Å²) in [7, 11) is 3.94. The minimum atomic E-state index is -1.18. The molecule has 3 aromatic rings. The van der Waals surface area contributed by atoms with Crippen LogP contribution >= 0.6 is 7.92 Å². The molecule has 33 heavy (non-hydrogen) atoms. The van der Waals surface area contributed by atoms with Crippen LogP contribution in [0.3, 0.4) is 0 Å². The Morgan fingerprint density at radius 3 is 1.91 bits per heavy atom. The molecule has 3 aromatic carbocycles. The van der Waals surface area contributed by atoms with E-state index in [2.05, 4.69) is 45.9 Å². The Morgan fingerprint density at radius 1 is 0.788 bits per heavy atom. The van der Waals surface area contributed by atoms with E-state index in [0.717, 1.165) is 43.9 Å². The van der Waals surface area contributed by atoms with E-state index >= 15 is 0 Å². The third-order valence-electron chi connectivity index (χ3n) is 5.73. The molecular weight excluding hydrogens is 431 g/mol. The van der Waals surface area contributed by atoms with Gasteiger partial charge >= 0.3 is 0 Å². The number of rotatable bonds is 8. The maximum Gasteiger partial charge on any atom is 0.127 e. The van der Waals surface area contributed by atoms with Crippen molar-refractivity contribution in [3.8, 4) is 11.5 Å². The van der Waals surface area contributed by atoms with E-state index in [9.17, 15) is 5.11 Å². The summed E-state index contributed by atoms with van der Waals surface area (Å²) in [6.45, 7) is 9.42. The summed E-state index contributed by atoms with van der Waals surface area (Å²) in [5.41, 5.74) is 4.03. The molecule has 0 saturated carbocycles. The molecule has 4 nitrogen and oxygen atoms in total. The predicted molar refractivity (Wildman–Crippen MR) is 138 cm³/mol. The van der Waals surface area contributed by atoms with Crippen LogP contribution in [0.15, 0.2) is 54.6 Å². The molecule has 0 fully saturated rings. The summed E-state index contributed by atoms with van der Waals surface area (Å²) >= 11 is 0. The molecule has 0 radical (unpaired) electrons. The van der Waals surface area contributed by atoms with E-state index < -0.39 is 7.92 Å². The van der Waals surface area contributed by atoms with Gasteiger partial charge in [0, 0.05) is 24.8 Å². The van der Waals surface area contributed by atoms with Gasteiger partial charge in [0.05, 0.1) is 20.3 Å². The number of hydrogen-bond acceptors (Lipinski definition) is 4. The van der Waals surface area contributed by atoms with E-state index in [1.807, 2.05) is 36.4 Å². The lowest BCUT2D eigenvalue weighted by molar-refractivity contribution is 0.181. The van der Waals surface area contributed by atoms with E-state index in [4.69, 9.17) is 14.2 Å². The van der Waals surface area contributed by atoms with Crippen molar-refractivity contribution in [2.75, 3.05) is 21.3 Å². The van der Waals surface area contributed by atoms with Gasteiger partial charge in [-0.1, -0.05) is 69.3 Å². The van der Waals surface area contributed by atoms with E-state index in [1.54, 1.807) is 21.3 Å². The molecule has 0 aromatic heterocycles. The Morgan fingerprint density at radius 2 is 1.36 bits per heavy atom. The van der Waals surface area contributed by atoms with Crippen molar-refractivity contribution < 1.29 is 19.3 Å². The zero-order valence-corrected chi connectivity index (χ0v) is 21.6. The summed E-state index contributed by atoms with van der Waals surface area (Å²) < 4.78 is 17.0. The lowest BCUT2D eigenvalue weighted by Gasteiger charge is -2.30. The quantitative estimate of drug-likeness (QED) is 0.472. The van der Waals surface area contributed by atoms with Crippen molar-refractivity contribution >= 4 is 23.8 Å². The van der Waals surface area contributed by atoms with Gasteiger partial charge in [-0.2, -0.15) is 0 Å². The molecule has 1 N–H and O–H groups in total. The number of phenolic OH excluding ortho intramolecular Hbond substituents is 1. The van der Waals surface area contributed by atoms with Crippen molar-refractivity contribution in [2.24, 2.45) is 0 Å². The predicted octanol–water partition coefficient (Wildman–Crippen LogP) is 5.06. The Hall–Kier alpha value is -2.39. The highest BCUT2D eigenvalue weighted by Crippen LogP contribution is 2.44. The maximum atomic E-state index is 11.6. The van der Waals surface area contributed by atoms with Gasteiger partial charge in [0.15, 0.2) is 0 Å². The molecule has 0 saturated heterocycles. The van der Waals surface area contributed by atoms with Gasteiger partial charge in [0.25, 0.3) is 0 Å². The molecule has 0 heterocycles. The van der Waals surface area contributed by atoms with Gasteiger partial charge in [-0.05, 0) is 53.9 Å². The lowest BCUT2D eigenvalue weighted by atomic mass is 9.86. The third kappa shape index (κ3) is 5.24. The first-order chi connectivity index (χ1) is 15.7. The molecule has 0 spiro atoms. The highest BCUT2D eigenvalue weighted by atomic mass is 31.1. The largest absolute Gasteiger partial charge is 0.507 e. The van der Waals surface area contributed by atoms with Crippen LogP contribution in [0.2, 0.25) is 0 Å². The second kappa shape index (κ2) is 10.7. The SMILES string of the molecule is COCc1cccc(COC)c1P(c1cccc(C(C)(C)C)c1O)c1c(C)cccc1OC. The van der Waals surface area contributed by atoms with Gasteiger partial charge in [-0.15, -0.1) is 0 Å². The monoisotopic (exact) mass is 466 g/mol. The van der Waals surface area contributed by atoms with Crippen LogP contribution in [-0.4, -0.2) is 26.4 Å². The number of phenols is 1. The number of aromatic hydroxyl groups is 1. The Balaban J connectivity index is 2.46. The molecular formula is C28H35O4P. The van der Waals surface area contributed by atoms with E-state index in [-0.39, 0.29) is 5.41 Å².